The fraction of sp³-hybridized carbons (Fsp3) is 0.238. The maximum atomic E-state index is 12.5. The number of nitrogens with one attached hydrogen (secondary N) is 1. The number of hydrogen-bond donors (Lipinski definition) is 1. The predicted molar refractivity (Wildman–Crippen MR) is 111 cm³/mol. The summed E-state index contributed by atoms with van der Waals surface area (Å²) in [4.78, 5) is 20.1. The zero-order valence-corrected chi connectivity index (χ0v) is 16.8. The van der Waals surface area contributed by atoms with E-state index in [0.29, 0.717) is 10.7 Å². The van der Waals surface area contributed by atoms with Crippen molar-refractivity contribution >= 4 is 28.1 Å². The van der Waals surface area contributed by atoms with Crippen molar-refractivity contribution < 1.29 is 14.3 Å². The summed E-state index contributed by atoms with van der Waals surface area (Å²) in [6.45, 7) is 2.23. The van der Waals surface area contributed by atoms with Crippen LogP contribution in [0.5, 0.6) is 11.5 Å². The van der Waals surface area contributed by atoms with Crippen molar-refractivity contribution in [2.75, 3.05) is 31.1 Å². The van der Waals surface area contributed by atoms with Gasteiger partial charge >= 0.3 is 0 Å². The molecule has 3 aromatic rings. The van der Waals surface area contributed by atoms with E-state index in [4.69, 9.17) is 9.47 Å². The van der Waals surface area contributed by atoms with Crippen molar-refractivity contribution in [1.82, 2.24) is 4.98 Å². The van der Waals surface area contributed by atoms with E-state index in [1.165, 1.54) is 11.3 Å². The van der Waals surface area contributed by atoms with Gasteiger partial charge in [0.1, 0.15) is 0 Å². The Bertz CT molecular complexity index is 1010. The summed E-state index contributed by atoms with van der Waals surface area (Å²) in [6.07, 6.45) is 0.730. The number of aryl methyl sites for hydroxylation is 1. The predicted octanol–water partition coefficient (Wildman–Crippen LogP) is 4.09. The van der Waals surface area contributed by atoms with Gasteiger partial charge in [0.2, 0.25) is 6.79 Å². The molecule has 1 aromatic heterocycles. The van der Waals surface area contributed by atoms with Gasteiger partial charge in [-0.1, -0.05) is 6.07 Å². The molecule has 0 saturated carbocycles. The Hall–Kier alpha value is -3.06. The molecule has 0 aliphatic carbocycles. The van der Waals surface area contributed by atoms with Crippen LogP contribution in [0.1, 0.15) is 26.5 Å². The summed E-state index contributed by atoms with van der Waals surface area (Å²) in [5.74, 6) is 1.39. The molecule has 6 nitrogen and oxygen atoms in total. The highest BCUT2D eigenvalue weighted by Crippen LogP contribution is 2.34. The first kappa shape index (κ1) is 18.3. The van der Waals surface area contributed by atoms with Crippen molar-refractivity contribution in [2.45, 2.75) is 13.3 Å². The number of nitrogens with zero attached hydrogens (tertiary/aromatic N) is 2. The van der Waals surface area contributed by atoms with Gasteiger partial charge in [-0.05, 0) is 48.9 Å². The van der Waals surface area contributed by atoms with Crippen molar-refractivity contribution in [2.24, 2.45) is 0 Å². The lowest BCUT2D eigenvalue weighted by Crippen LogP contribution is -2.13. The van der Waals surface area contributed by atoms with Gasteiger partial charge in [0.25, 0.3) is 5.91 Å². The number of aromatic nitrogens is 1. The number of fused-ring (bicyclic) bond motifs is 1. The summed E-state index contributed by atoms with van der Waals surface area (Å²) >= 11 is 1.50. The van der Waals surface area contributed by atoms with Gasteiger partial charge in [-0.15, -0.1) is 11.3 Å². The second-order valence-electron chi connectivity index (χ2n) is 6.79. The standard InChI is InChI=1S/C21H21N3O3S/c1-13-19(11-14-4-9-17-18(10-14)27-12-26-17)28-21(22-13)23-20(25)15-5-7-16(8-6-15)24(2)3/h4-10H,11-12H2,1-3H3,(H,22,23,25). The molecule has 0 bridgehead atoms. The molecule has 1 amide bonds. The van der Waals surface area contributed by atoms with Gasteiger partial charge in [0, 0.05) is 36.6 Å². The number of hydrogen-bond acceptors (Lipinski definition) is 6. The van der Waals surface area contributed by atoms with Crippen LogP contribution in [0.2, 0.25) is 0 Å². The Kier molecular flexibility index (Phi) is 4.92. The number of anilines is 2. The van der Waals surface area contributed by atoms with E-state index in [1.807, 2.05) is 68.4 Å². The Labute approximate surface area is 167 Å². The summed E-state index contributed by atoms with van der Waals surface area (Å²) in [7, 11) is 3.93. The van der Waals surface area contributed by atoms with Crippen molar-refractivity contribution in [3.8, 4) is 11.5 Å². The lowest BCUT2D eigenvalue weighted by Gasteiger charge is -2.12. The number of benzene rings is 2. The number of rotatable bonds is 5. The molecule has 0 atom stereocenters. The van der Waals surface area contributed by atoms with E-state index in [1.54, 1.807) is 0 Å². The van der Waals surface area contributed by atoms with Gasteiger partial charge in [-0.25, -0.2) is 4.98 Å². The SMILES string of the molecule is Cc1nc(NC(=O)c2ccc(N(C)C)cc2)sc1Cc1ccc2c(c1)OCO2. The molecule has 144 valence electrons. The molecule has 2 heterocycles. The topological polar surface area (TPSA) is 63.7 Å². The Morgan fingerprint density at radius 2 is 1.89 bits per heavy atom. The largest absolute Gasteiger partial charge is 0.454 e. The van der Waals surface area contributed by atoms with Crippen molar-refractivity contribution in [1.29, 1.82) is 0 Å². The van der Waals surface area contributed by atoms with Crippen molar-refractivity contribution in [3.63, 3.8) is 0 Å². The fourth-order valence-corrected chi connectivity index (χ4v) is 3.95. The molecule has 0 unspecified atom stereocenters. The normalized spacial score (nSPS) is 12.1. The molecule has 0 spiro atoms. The summed E-state index contributed by atoms with van der Waals surface area (Å²) in [5, 5.41) is 3.51. The van der Waals surface area contributed by atoms with E-state index >= 15 is 0 Å². The maximum absolute atomic E-state index is 12.5. The molecule has 1 N–H and O–H groups in total. The molecular formula is C21H21N3O3S. The molecule has 0 radical (unpaired) electrons. The molecular weight excluding hydrogens is 374 g/mol. The van der Waals surface area contributed by atoms with Crippen molar-refractivity contribution in [3.05, 3.63) is 64.2 Å². The quantitative estimate of drug-likeness (QED) is 0.705. The third kappa shape index (κ3) is 3.80. The van der Waals surface area contributed by atoms with Crippen LogP contribution in [0.4, 0.5) is 10.8 Å². The van der Waals surface area contributed by atoms with Crippen LogP contribution >= 0.6 is 11.3 Å². The highest BCUT2D eigenvalue weighted by Gasteiger charge is 2.16. The van der Waals surface area contributed by atoms with E-state index in [-0.39, 0.29) is 12.7 Å². The van der Waals surface area contributed by atoms with Gasteiger partial charge in [-0.3, -0.25) is 10.1 Å². The number of ether oxygens (including phenoxy) is 2. The van der Waals surface area contributed by atoms with Crippen LogP contribution in [0.25, 0.3) is 0 Å². The van der Waals surface area contributed by atoms with E-state index < -0.39 is 0 Å². The van der Waals surface area contributed by atoms with Crippen LogP contribution < -0.4 is 19.7 Å². The average Bonchev–Trinajstić information content (AvgIpc) is 3.28. The lowest BCUT2D eigenvalue weighted by molar-refractivity contribution is 0.102. The third-order valence-electron chi connectivity index (χ3n) is 4.56. The monoisotopic (exact) mass is 395 g/mol. The van der Waals surface area contributed by atoms with Crippen LogP contribution in [-0.4, -0.2) is 31.8 Å². The van der Waals surface area contributed by atoms with Crippen LogP contribution in [0.15, 0.2) is 42.5 Å². The lowest BCUT2D eigenvalue weighted by atomic mass is 10.1. The Balaban J connectivity index is 1.46. The molecule has 2 aromatic carbocycles. The van der Waals surface area contributed by atoms with E-state index in [0.717, 1.165) is 39.7 Å². The first-order valence-corrected chi connectivity index (χ1v) is 9.75. The average molecular weight is 395 g/mol. The van der Waals surface area contributed by atoms with Gasteiger partial charge < -0.3 is 14.4 Å². The number of carbonyl (C=O) groups excluding carboxylic acids is 1. The minimum absolute atomic E-state index is 0.159. The van der Waals surface area contributed by atoms with Gasteiger partial charge in [-0.2, -0.15) is 0 Å². The highest BCUT2D eigenvalue weighted by molar-refractivity contribution is 7.15. The molecule has 28 heavy (non-hydrogen) atoms. The summed E-state index contributed by atoms with van der Waals surface area (Å²) < 4.78 is 10.8. The molecule has 4 rings (SSSR count). The Morgan fingerprint density at radius 3 is 2.64 bits per heavy atom. The second kappa shape index (κ2) is 7.52. The zero-order valence-electron chi connectivity index (χ0n) is 16.0. The summed E-state index contributed by atoms with van der Waals surface area (Å²) in [6, 6.07) is 13.4. The van der Waals surface area contributed by atoms with Gasteiger partial charge in [0.15, 0.2) is 16.6 Å². The molecule has 0 fully saturated rings. The van der Waals surface area contributed by atoms with E-state index in [9.17, 15) is 4.79 Å². The minimum atomic E-state index is -0.159. The van der Waals surface area contributed by atoms with Crippen LogP contribution in [-0.2, 0) is 6.42 Å². The molecule has 7 heteroatoms. The zero-order chi connectivity index (χ0) is 19.7. The molecule has 1 aliphatic heterocycles. The molecule has 0 saturated heterocycles. The minimum Gasteiger partial charge on any atom is -0.454 e. The number of amides is 1. The first-order chi connectivity index (χ1) is 13.5. The maximum Gasteiger partial charge on any atom is 0.257 e. The van der Waals surface area contributed by atoms with E-state index in [2.05, 4.69) is 10.3 Å². The fourth-order valence-electron chi connectivity index (χ4n) is 2.96. The number of carbonyl (C=O) groups is 1. The molecule has 1 aliphatic rings. The highest BCUT2D eigenvalue weighted by atomic mass is 32.1. The third-order valence-corrected chi connectivity index (χ3v) is 5.63. The Morgan fingerprint density at radius 1 is 1.14 bits per heavy atom. The van der Waals surface area contributed by atoms with Crippen LogP contribution in [0.3, 0.4) is 0 Å². The van der Waals surface area contributed by atoms with Gasteiger partial charge in [0.05, 0.1) is 5.69 Å². The summed E-state index contributed by atoms with van der Waals surface area (Å²) in [5.41, 5.74) is 3.69. The number of thiazole rings is 1. The second-order valence-corrected chi connectivity index (χ2v) is 7.87. The first-order valence-electron chi connectivity index (χ1n) is 8.93. The van der Waals surface area contributed by atoms with Crippen LogP contribution in [0, 0.1) is 6.92 Å². The smallest absolute Gasteiger partial charge is 0.257 e.